The molecule has 0 bridgehead atoms. The molecule has 0 aliphatic carbocycles. The molecule has 1 aliphatic heterocycles. The van der Waals surface area contributed by atoms with Crippen LogP contribution in [0.2, 0.25) is 5.02 Å². The van der Waals surface area contributed by atoms with Crippen molar-refractivity contribution in [3.63, 3.8) is 0 Å². The lowest BCUT2D eigenvalue weighted by Crippen LogP contribution is -2.00. The first-order chi connectivity index (χ1) is 10.7. The molecule has 4 nitrogen and oxygen atoms in total. The van der Waals surface area contributed by atoms with Crippen LogP contribution in [0.5, 0.6) is 17.2 Å². The van der Waals surface area contributed by atoms with Crippen LogP contribution in [0, 0.1) is 0 Å². The van der Waals surface area contributed by atoms with E-state index in [1.54, 1.807) is 12.1 Å². The van der Waals surface area contributed by atoms with Crippen LogP contribution in [0.4, 0.5) is 0 Å². The maximum Gasteiger partial charge on any atom is 0.235 e. The van der Waals surface area contributed by atoms with Gasteiger partial charge in [0.25, 0.3) is 0 Å². The van der Waals surface area contributed by atoms with Gasteiger partial charge in [-0.25, -0.2) is 0 Å². The fourth-order valence-corrected chi connectivity index (χ4v) is 2.55. The molecule has 2 aromatic rings. The average molecular weight is 317 g/mol. The van der Waals surface area contributed by atoms with Gasteiger partial charge in [-0.05, 0) is 11.6 Å². The van der Waals surface area contributed by atoms with E-state index in [1.807, 2.05) is 30.3 Å². The number of methoxy groups -OCH3 is 2. The third-order valence-electron chi connectivity index (χ3n) is 3.35. The van der Waals surface area contributed by atoms with Crippen LogP contribution in [0.1, 0.15) is 15.9 Å². The van der Waals surface area contributed by atoms with Crippen molar-refractivity contribution in [2.24, 2.45) is 0 Å². The van der Waals surface area contributed by atoms with Crippen LogP contribution in [-0.2, 0) is 0 Å². The van der Waals surface area contributed by atoms with Gasteiger partial charge in [-0.2, -0.15) is 0 Å². The van der Waals surface area contributed by atoms with E-state index in [-0.39, 0.29) is 22.3 Å². The first-order valence-electron chi connectivity index (χ1n) is 6.59. The Morgan fingerprint density at radius 2 is 1.77 bits per heavy atom. The van der Waals surface area contributed by atoms with Crippen LogP contribution >= 0.6 is 11.6 Å². The molecule has 1 aliphatic rings. The number of Topliss-reactive ketones (excluding diaryl/α,β-unsaturated/α-hetero) is 1. The summed E-state index contributed by atoms with van der Waals surface area (Å²) in [5, 5.41) is 0.253. The second-order valence-electron chi connectivity index (χ2n) is 4.65. The van der Waals surface area contributed by atoms with E-state index in [4.69, 9.17) is 25.8 Å². The van der Waals surface area contributed by atoms with Crippen molar-refractivity contribution in [1.29, 1.82) is 0 Å². The summed E-state index contributed by atoms with van der Waals surface area (Å²) in [7, 11) is 2.97. The van der Waals surface area contributed by atoms with E-state index in [1.165, 1.54) is 14.2 Å². The Labute approximate surface area is 132 Å². The SMILES string of the molecule is COc1cc(OC)c2c(c1Cl)OC(=Cc1ccccc1)C2=O. The topological polar surface area (TPSA) is 44.8 Å². The maximum atomic E-state index is 12.6. The lowest BCUT2D eigenvalue weighted by atomic mass is 10.1. The first-order valence-corrected chi connectivity index (χ1v) is 6.97. The van der Waals surface area contributed by atoms with Crippen molar-refractivity contribution in [1.82, 2.24) is 0 Å². The fourth-order valence-electron chi connectivity index (χ4n) is 2.28. The number of halogens is 1. The number of hydrogen-bond donors (Lipinski definition) is 0. The summed E-state index contributed by atoms with van der Waals surface area (Å²) in [6.07, 6.45) is 1.67. The summed E-state index contributed by atoms with van der Waals surface area (Å²) < 4.78 is 16.1. The smallest absolute Gasteiger partial charge is 0.235 e. The highest BCUT2D eigenvalue weighted by atomic mass is 35.5. The van der Waals surface area contributed by atoms with E-state index in [2.05, 4.69) is 0 Å². The molecular weight excluding hydrogens is 304 g/mol. The Bertz CT molecular complexity index is 766. The third kappa shape index (κ3) is 2.31. The Morgan fingerprint density at radius 3 is 2.41 bits per heavy atom. The van der Waals surface area contributed by atoms with Crippen LogP contribution in [0.25, 0.3) is 6.08 Å². The Hall–Kier alpha value is -2.46. The van der Waals surface area contributed by atoms with Gasteiger partial charge in [0.1, 0.15) is 22.1 Å². The fraction of sp³-hybridized carbons (Fsp3) is 0.118. The number of fused-ring (bicyclic) bond motifs is 1. The van der Waals surface area contributed by atoms with Crippen molar-refractivity contribution in [3.05, 3.63) is 58.3 Å². The quantitative estimate of drug-likeness (QED) is 0.804. The minimum absolute atomic E-state index is 0.203. The summed E-state index contributed by atoms with van der Waals surface area (Å²) in [6, 6.07) is 11.0. The van der Waals surface area contributed by atoms with E-state index < -0.39 is 0 Å². The van der Waals surface area contributed by atoms with Gasteiger partial charge in [-0.1, -0.05) is 41.9 Å². The lowest BCUT2D eigenvalue weighted by Gasteiger charge is -2.10. The number of ketones is 1. The van der Waals surface area contributed by atoms with Gasteiger partial charge in [-0.15, -0.1) is 0 Å². The van der Waals surface area contributed by atoms with Gasteiger partial charge in [0, 0.05) is 6.07 Å². The van der Waals surface area contributed by atoms with Gasteiger partial charge >= 0.3 is 0 Å². The third-order valence-corrected chi connectivity index (χ3v) is 3.71. The molecule has 112 valence electrons. The molecule has 0 radical (unpaired) electrons. The molecule has 0 N–H and O–H groups in total. The van der Waals surface area contributed by atoms with E-state index in [9.17, 15) is 4.79 Å². The van der Waals surface area contributed by atoms with Crippen LogP contribution in [0.15, 0.2) is 42.2 Å². The van der Waals surface area contributed by atoms with Gasteiger partial charge in [0.05, 0.1) is 14.2 Å². The lowest BCUT2D eigenvalue weighted by molar-refractivity contribution is 0.101. The van der Waals surface area contributed by atoms with Crippen molar-refractivity contribution in [2.75, 3.05) is 14.2 Å². The second-order valence-corrected chi connectivity index (χ2v) is 5.03. The highest BCUT2D eigenvalue weighted by molar-refractivity contribution is 6.35. The zero-order valence-corrected chi connectivity index (χ0v) is 12.8. The molecule has 0 saturated heterocycles. The van der Waals surface area contributed by atoms with Crippen LogP contribution in [-0.4, -0.2) is 20.0 Å². The summed E-state index contributed by atoms with van der Waals surface area (Å²) >= 11 is 6.23. The minimum Gasteiger partial charge on any atom is -0.496 e. The maximum absolute atomic E-state index is 12.6. The minimum atomic E-state index is -0.264. The molecular formula is C17H13ClO4. The summed E-state index contributed by atoms with van der Waals surface area (Å²) in [5.74, 6) is 0.976. The zero-order chi connectivity index (χ0) is 15.7. The summed E-state index contributed by atoms with van der Waals surface area (Å²) in [5.41, 5.74) is 1.18. The normalized spacial score (nSPS) is 14.7. The van der Waals surface area contributed by atoms with Gasteiger partial charge in [0.2, 0.25) is 5.78 Å². The molecule has 0 aromatic heterocycles. The number of benzene rings is 2. The van der Waals surface area contributed by atoms with Gasteiger partial charge in [0.15, 0.2) is 11.5 Å². The van der Waals surface area contributed by atoms with E-state index in [0.717, 1.165) is 5.56 Å². The van der Waals surface area contributed by atoms with E-state index in [0.29, 0.717) is 17.1 Å². The van der Waals surface area contributed by atoms with E-state index >= 15 is 0 Å². The zero-order valence-electron chi connectivity index (χ0n) is 12.1. The number of ether oxygens (including phenoxy) is 3. The Kier molecular flexibility index (Phi) is 3.77. The van der Waals surface area contributed by atoms with Crippen LogP contribution in [0.3, 0.4) is 0 Å². The van der Waals surface area contributed by atoms with Crippen molar-refractivity contribution in [2.45, 2.75) is 0 Å². The van der Waals surface area contributed by atoms with Gasteiger partial charge < -0.3 is 14.2 Å². The first kappa shape index (κ1) is 14.5. The van der Waals surface area contributed by atoms with Crippen molar-refractivity contribution in [3.8, 4) is 17.2 Å². The molecule has 5 heteroatoms. The monoisotopic (exact) mass is 316 g/mol. The molecule has 0 unspecified atom stereocenters. The highest BCUT2D eigenvalue weighted by Gasteiger charge is 2.35. The van der Waals surface area contributed by atoms with Crippen molar-refractivity contribution < 1.29 is 19.0 Å². The summed E-state index contributed by atoms with van der Waals surface area (Å²) in [4.78, 5) is 12.6. The molecule has 0 amide bonds. The number of carbonyl (C=O) groups is 1. The molecule has 1 heterocycles. The predicted octanol–water partition coefficient (Wildman–Crippen LogP) is 3.97. The van der Waals surface area contributed by atoms with Crippen LogP contribution < -0.4 is 14.2 Å². The average Bonchev–Trinajstić information content (AvgIpc) is 2.87. The Balaban J connectivity index is 2.11. The number of carbonyl (C=O) groups excluding carboxylic acids is 1. The Morgan fingerprint density at radius 1 is 1.09 bits per heavy atom. The number of hydrogen-bond acceptors (Lipinski definition) is 4. The summed E-state index contributed by atoms with van der Waals surface area (Å²) in [6.45, 7) is 0. The predicted molar refractivity (Wildman–Crippen MR) is 83.9 cm³/mol. The molecule has 0 spiro atoms. The molecule has 3 rings (SSSR count). The molecule has 2 aromatic carbocycles. The van der Waals surface area contributed by atoms with Gasteiger partial charge in [-0.3, -0.25) is 4.79 Å². The highest BCUT2D eigenvalue weighted by Crippen LogP contribution is 2.47. The largest absolute Gasteiger partial charge is 0.496 e. The molecule has 0 atom stereocenters. The number of rotatable bonds is 3. The molecule has 0 fully saturated rings. The van der Waals surface area contributed by atoms with Crippen molar-refractivity contribution >= 4 is 23.5 Å². The second kappa shape index (κ2) is 5.73. The molecule has 0 saturated carbocycles. The standard InChI is InChI=1S/C17H13ClO4/c1-20-11-9-12(21-2)15(18)17-14(11)16(19)13(22-17)8-10-6-4-3-5-7-10/h3-9H,1-2H3. The molecule has 22 heavy (non-hydrogen) atoms. The number of allylic oxidation sites excluding steroid dienone is 1.